The van der Waals surface area contributed by atoms with Gasteiger partial charge in [0, 0.05) is 31.3 Å². The van der Waals surface area contributed by atoms with Crippen LogP contribution in [0.1, 0.15) is 24.4 Å². The highest BCUT2D eigenvalue weighted by molar-refractivity contribution is 7.10. The molecule has 0 amide bonds. The average Bonchev–Trinajstić information content (AvgIpc) is 3.48. The fraction of sp³-hybridized carbons (Fsp3) is 0.400. The van der Waals surface area contributed by atoms with Gasteiger partial charge in [-0.25, -0.2) is 9.50 Å². The Hall–Kier alpha value is -3.14. The number of rotatable bonds is 5. The van der Waals surface area contributed by atoms with Crippen LogP contribution in [0.5, 0.6) is 5.75 Å². The lowest BCUT2D eigenvalue weighted by Crippen LogP contribution is -2.42. The molecule has 2 bridgehead atoms. The molecule has 1 aliphatic heterocycles. The number of halogens is 3. The number of hydrogen-bond donors (Lipinski definition) is 0. The first kappa shape index (κ1) is 22.3. The molecular weight excluding hydrogens is 475 g/mol. The number of aromatic nitrogens is 4. The van der Waals surface area contributed by atoms with Gasteiger partial charge in [0.1, 0.15) is 10.8 Å². The van der Waals surface area contributed by atoms with Crippen molar-refractivity contribution in [2.45, 2.75) is 32.5 Å². The smallest absolute Gasteiger partial charge is 0.406 e. The molecule has 2 fully saturated rings. The van der Waals surface area contributed by atoms with Crippen LogP contribution in [0.2, 0.25) is 0 Å². The molecule has 6 nitrogen and oxygen atoms in total. The monoisotopic (exact) mass is 499 g/mol. The molecule has 6 rings (SSSR count). The van der Waals surface area contributed by atoms with Crippen molar-refractivity contribution in [3.8, 4) is 16.9 Å². The Bertz CT molecular complexity index is 1340. The van der Waals surface area contributed by atoms with Gasteiger partial charge in [-0.1, -0.05) is 12.1 Å². The normalized spacial score (nSPS) is 22.2. The van der Waals surface area contributed by atoms with Crippen molar-refractivity contribution in [3.05, 3.63) is 60.2 Å². The summed E-state index contributed by atoms with van der Waals surface area (Å²) >= 11 is 1.58. The van der Waals surface area contributed by atoms with Crippen LogP contribution in [0.25, 0.3) is 16.8 Å². The minimum absolute atomic E-state index is 0.245. The first-order valence-corrected chi connectivity index (χ1v) is 12.5. The van der Waals surface area contributed by atoms with Gasteiger partial charge in [-0.05, 0) is 84.9 Å². The van der Waals surface area contributed by atoms with Crippen LogP contribution < -0.4 is 9.64 Å². The van der Waals surface area contributed by atoms with E-state index in [-0.39, 0.29) is 5.75 Å². The molecule has 182 valence electrons. The average molecular weight is 500 g/mol. The molecule has 1 aromatic carbocycles. The van der Waals surface area contributed by atoms with Crippen molar-refractivity contribution in [2.75, 3.05) is 18.0 Å². The van der Waals surface area contributed by atoms with E-state index in [1.807, 2.05) is 25.3 Å². The maximum absolute atomic E-state index is 12.5. The highest BCUT2D eigenvalue weighted by atomic mass is 32.1. The molecule has 10 heteroatoms. The van der Waals surface area contributed by atoms with Crippen LogP contribution in [-0.4, -0.2) is 38.4 Å². The predicted molar refractivity (Wildman–Crippen MR) is 128 cm³/mol. The first-order valence-electron chi connectivity index (χ1n) is 11.7. The van der Waals surface area contributed by atoms with Gasteiger partial charge in [0.2, 0.25) is 0 Å². The number of pyridine rings is 1. The minimum Gasteiger partial charge on any atom is -0.406 e. The second-order valence-corrected chi connectivity index (χ2v) is 10.3. The van der Waals surface area contributed by atoms with E-state index < -0.39 is 6.36 Å². The summed E-state index contributed by atoms with van der Waals surface area (Å²) in [7, 11) is 0. The number of fused-ring (bicyclic) bond motifs is 3. The van der Waals surface area contributed by atoms with Crippen molar-refractivity contribution in [1.29, 1.82) is 0 Å². The van der Waals surface area contributed by atoms with Crippen LogP contribution in [0.3, 0.4) is 0 Å². The van der Waals surface area contributed by atoms with Crippen molar-refractivity contribution in [3.63, 3.8) is 0 Å². The van der Waals surface area contributed by atoms with Crippen LogP contribution in [0.15, 0.2) is 48.7 Å². The second kappa shape index (κ2) is 8.51. The van der Waals surface area contributed by atoms with Gasteiger partial charge in [0.15, 0.2) is 11.5 Å². The van der Waals surface area contributed by atoms with Crippen molar-refractivity contribution in [2.24, 2.45) is 17.8 Å². The number of nitrogens with zero attached hydrogens (tertiary/aromatic N) is 5. The predicted octanol–water partition coefficient (Wildman–Crippen LogP) is 5.76. The fourth-order valence-corrected chi connectivity index (χ4v) is 6.43. The summed E-state index contributed by atoms with van der Waals surface area (Å²) in [4.78, 5) is 7.35. The highest BCUT2D eigenvalue weighted by Gasteiger charge is 2.42. The van der Waals surface area contributed by atoms with Crippen molar-refractivity contribution in [1.82, 2.24) is 19.0 Å². The Kier molecular flexibility index (Phi) is 5.43. The topological polar surface area (TPSA) is 55.6 Å². The van der Waals surface area contributed by atoms with Crippen LogP contribution in [0, 0.1) is 24.7 Å². The molecular formula is C25H24F3N5OS. The van der Waals surface area contributed by atoms with E-state index in [9.17, 15) is 13.2 Å². The Morgan fingerprint density at radius 2 is 1.83 bits per heavy atom. The summed E-state index contributed by atoms with van der Waals surface area (Å²) in [6, 6.07) is 11.8. The number of benzene rings is 1. The van der Waals surface area contributed by atoms with Gasteiger partial charge >= 0.3 is 6.36 Å². The lowest BCUT2D eigenvalue weighted by Gasteiger charge is -2.38. The summed E-state index contributed by atoms with van der Waals surface area (Å²) in [5.74, 6) is 2.36. The Labute approximate surface area is 204 Å². The lowest BCUT2D eigenvalue weighted by atomic mass is 9.82. The number of anilines is 1. The summed E-state index contributed by atoms with van der Waals surface area (Å²) in [5, 5.41) is 6.01. The number of hydrogen-bond acceptors (Lipinski definition) is 6. The molecule has 35 heavy (non-hydrogen) atoms. The van der Waals surface area contributed by atoms with Crippen LogP contribution >= 0.6 is 11.5 Å². The summed E-state index contributed by atoms with van der Waals surface area (Å²) in [6.45, 7) is 4.14. The second-order valence-electron chi connectivity index (χ2n) is 9.47. The van der Waals surface area contributed by atoms with E-state index in [0.29, 0.717) is 23.4 Å². The molecule has 2 aliphatic rings. The maximum Gasteiger partial charge on any atom is 0.573 e. The minimum atomic E-state index is -4.71. The zero-order chi connectivity index (χ0) is 24.2. The van der Waals surface area contributed by atoms with Crippen LogP contribution in [0.4, 0.5) is 18.2 Å². The van der Waals surface area contributed by atoms with E-state index >= 15 is 0 Å². The molecule has 3 aromatic heterocycles. The largest absolute Gasteiger partial charge is 0.573 e. The van der Waals surface area contributed by atoms with Crippen molar-refractivity contribution >= 4 is 22.2 Å². The first-order chi connectivity index (χ1) is 16.8. The van der Waals surface area contributed by atoms with E-state index in [1.54, 1.807) is 28.2 Å². The van der Waals surface area contributed by atoms with Gasteiger partial charge in [-0.15, -0.1) is 13.2 Å². The molecule has 0 spiro atoms. The molecule has 4 heterocycles. The van der Waals surface area contributed by atoms with Gasteiger partial charge < -0.3 is 9.64 Å². The SMILES string of the molecule is Cc1cc(N2C[C@H]3CC[C@@H](C2)C3Cc2nc3c(-c4ccc(OC(F)(F)F)cc4)cccn3n2)sn1. The third-order valence-electron chi connectivity index (χ3n) is 7.18. The molecule has 1 aliphatic carbocycles. The molecule has 3 atom stereocenters. The highest BCUT2D eigenvalue weighted by Crippen LogP contribution is 2.45. The fourth-order valence-electron chi connectivity index (χ4n) is 5.66. The van der Waals surface area contributed by atoms with E-state index in [0.717, 1.165) is 42.2 Å². The third-order valence-corrected chi connectivity index (χ3v) is 8.12. The standard InChI is InChI=1S/C25H24F3N5OS/c1-15-11-23(35-31-15)32-13-17-4-5-18(14-32)21(17)12-22-29-24-20(3-2-10-33(24)30-22)16-6-8-19(9-7-16)34-25(26,27)28/h2-3,6-11,17-18,21H,4-5,12-14H2,1H3/t17-,18+,21?. The quantitative estimate of drug-likeness (QED) is 0.349. The number of aryl methyl sites for hydroxylation is 1. The lowest BCUT2D eigenvalue weighted by molar-refractivity contribution is -0.274. The van der Waals surface area contributed by atoms with Gasteiger partial charge in [-0.3, -0.25) is 0 Å². The summed E-state index contributed by atoms with van der Waals surface area (Å²) in [6.07, 6.45) is 0.450. The van der Waals surface area contributed by atoms with E-state index in [2.05, 4.69) is 20.1 Å². The summed E-state index contributed by atoms with van der Waals surface area (Å²) in [5.41, 5.74) is 3.36. The van der Waals surface area contributed by atoms with Crippen molar-refractivity contribution < 1.29 is 17.9 Å². The molecule has 0 N–H and O–H groups in total. The molecule has 1 unspecified atom stereocenters. The molecule has 4 aromatic rings. The Morgan fingerprint density at radius 3 is 2.49 bits per heavy atom. The zero-order valence-corrected chi connectivity index (χ0v) is 19.9. The number of ether oxygens (including phenoxy) is 1. The Morgan fingerprint density at radius 1 is 1.09 bits per heavy atom. The van der Waals surface area contributed by atoms with Gasteiger partial charge in [-0.2, -0.15) is 9.47 Å². The summed E-state index contributed by atoms with van der Waals surface area (Å²) < 4.78 is 47.7. The van der Waals surface area contributed by atoms with E-state index in [4.69, 9.17) is 10.1 Å². The van der Waals surface area contributed by atoms with E-state index in [1.165, 1.54) is 30.0 Å². The molecule has 1 saturated carbocycles. The number of piperidine rings is 1. The van der Waals surface area contributed by atoms with Gasteiger partial charge in [0.05, 0.1) is 5.69 Å². The zero-order valence-electron chi connectivity index (χ0n) is 19.1. The van der Waals surface area contributed by atoms with Gasteiger partial charge in [0.25, 0.3) is 0 Å². The number of alkyl halides is 3. The third kappa shape index (κ3) is 4.47. The maximum atomic E-state index is 12.5. The van der Waals surface area contributed by atoms with Crippen LogP contribution in [-0.2, 0) is 6.42 Å². The Balaban J connectivity index is 1.21. The molecule has 1 saturated heterocycles. The molecule has 0 radical (unpaired) electrons.